The summed E-state index contributed by atoms with van der Waals surface area (Å²) in [4.78, 5) is 14.0. The number of nitrogens with zero attached hydrogens (tertiary/aromatic N) is 3. The molecule has 1 unspecified atom stereocenters. The van der Waals surface area contributed by atoms with E-state index in [1.807, 2.05) is 72.9 Å². The Balaban J connectivity index is 0.000000179. The zero-order valence-electron chi connectivity index (χ0n) is 29.5. The van der Waals surface area contributed by atoms with Crippen LogP contribution >= 0.6 is 0 Å². The Bertz CT molecular complexity index is 2630. The molecule has 6 heteroatoms. The van der Waals surface area contributed by atoms with Crippen LogP contribution in [0.2, 0.25) is 0 Å². The molecule has 5 heterocycles. The predicted octanol–water partition coefficient (Wildman–Crippen LogP) is 11.9. The molecule has 0 saturated heterocycles. The number of benzene rings is 4. The number of aromatic nitrogens is 3. The molecular formula is C46H37IrN3O2-2. The molecule has 0 spiro atoms. The van der Waals surface area contributed by atoms with Gasteiger partial charge in [0.15, 0.2) is 0 Å². The molecule has 52 heavy (non-hydrogen) atoms. The molecule has 0 aliphatic heterocycles. The van der Waals surface area contributed by atoms with Gasteiger partial charge in [-0.15, -0.1) is 18.2 Å². The first-order valence-corrected chi connectivity index (χ1v) is 17.4. The monoisotopic (exact) mass is 856 g/mol. The van der Waals surface area contributed by atoms with E-state index >= 15 is 0 Å². The third kappa shape index (κ3) is 6.68. The van der Waals surface area contributed by atoms with E-state index in [1.165, 1.54) is 16.7 Å². The minimum atomic E-state index is 0. The summed E-state index contributed by atoms with van der Waals surface area (Å²) in [5.41, 5.74) is 11.6. The van der Waals surface area contributed by atoms with Crippen molar-refractivity contribution in [2.24, 2.45) is 5.92 Å². The second-order valence-electron chi connectivity index (χ2n) is 13.4. The fourth-order valence-electron chi connectivity index (χ4n) is 6.84. The molecule has 0 bridgehead atoms. The molecule has 0 amide bonds. The largest absolute Gasteiger partial charge is 0.501 e. The van der Waals surface area contributed by atoms with Crippen molar-refractivity contribution in [2.75, 3.05) is 0 Å². The summed E-state index contributed by atoms with van der Waals surface area (Å²) in [5.74, 6) is 0.693. The summed E-state index contributed by atoms with van der Waals surface area (Å²) in [5, 5.41) is 4.37. The van der Waals surface area contributed by atoms with Crippen LogP contribution in [0, 0.1) is 25.1 Å². The van der Waals surface area contributed by atoms with Gasteiger partial charge in [0.2, 0.25) is 0 Å². The minimum absolute atomic E-state index is 0. The molecule has 5 aromatic heterocycles. The van der Waals surface area contributed by atoms with E-state index < -0.39 is 0 Å². The molecule has 4 aromatic carbocycles. The predicted molar refractivity (Wildman–Crippen MR) is 207 cm³/mol. The van der Waals surface area contributed by atoms with Crippen LogP contribution in [0.5, 0.6) is 0 Å². The van der Waals surface area contributed by atoms with E-state index in [4.69, 9.17) is 18.8 Å². The molecule has 0 aliphatic rings. The first kappa shape index (κ1) is 35.0. The third-order valence-corrected chi connectivity index (χ3v) is 9.44. The molecule has 0 fully saturated rings. The van der Waals surface area contributed by atoms with Crippen molar-refractivity contribution in [3.05, 3.63) is 162 Å². The van der Waals surface area contributed by atoms with Gasteiger partial charge in [-0.25, -0.2) is 0 Å². The van der Waals surface area contributed by atoms with Gasteiger partial charge in [-0.2, -0.15) is 0 Å². The van der Waals surface area contributed by atoms with Crippen LogP contribution in [0.4, 0.5) is 0 Å². The number of aryl methyl sites for hydroxylation is 1. The number of para-hydroxylation sites is 2. The van der Waals surface area contributed by atoms with E-state index in [1.54, 1.807) is 6.20 Å². The van der Waals surface area contributed by atoms with Gasteiger partial charge in [-0.1, -0.05) is 128 Å². The Morgan fingerprint density at radius 3 is 2.12 bits per heavy atom. The number of pyridine rings is 3. The van der Waals surface area contributed by atoms with Gasteiger partial charge >= 0.3 is 0 Å². The van der Waals surface area contributed by atoms with Crippen molar-refractivity contribution in [1.82, 2.24) is 15.0 Å². The Labute approximate surface area is 317 Å². The fraction of sp³-hybridized carbons (Fsp3) is 0.152. The number of fused-ring (bicyclic) bond motifs is 6. The Hall–Kier alpha value is -5.42. The maximum absolute atomic E-state index is 6.40. The molecule has 9 aromatic rings. The Morgan fingerprint density at radius 2 is 1.37 bits per heavy atom. The zero-order valence-corrected chi connectivity index (χ0v) is 31.9. The van der Waals surface area contributed by atoms with Gasteiger partial charge in [0.25, 0.3) is 0 Å². The number of furan rings is 2. The Morgan fingerprint density at radius 1 is 0.673 bits per heavy atom. The van der Waals surface area contributed by atoms with Gasteiger partial charge in [-0.3, -0.25) is 0 Å². The normalized spacial score (nSPS) is 11.9. The second kappa shape index (κ2) is 15.1. The van der Waals surface area contributed by atoms with Crippen LogP contribution in [-0.2, 0) is 26.5 Å². The van der Waals surface area contributed by atoms with Gasteiger partial charge in [-0.05, 0) is 83.2 Å². The van der Waals surface area contributed by atoms with Crippen molar-refractivity contribution in [2.45, 2.75) is 40.0 Å². The standard InChI is InChI=1S/C29H27N2O.C17H10NO.Ir/c1-18(2)14-22-15-25(30-16-19(22)3)24-17-31-28(20(4)21-10-6-5-7-11-21)27-23-12-8-9-13-26(23)32-29(24)27;1-2-10-16-12(6-1)13-7-5-8-14(17(13)19-16)15-9-3-4-11-18-15;/h5-13,15-16,18,20H,14H2,1-4H3;1-7,9-11H;/q2*-1;. The van der Waals surface area contributed by atoms with Crippen molar-refractivity contribution >= 4 is 43.9 Å². The molecule has 0 aliphatic carbocycles. The fourth-order valence-corrected chi connectivity index (χ4v) is 6.84. The summed E-state index contributed by atoms with van der Waals surface area (Å²) in [6, 6.07) is 41.9. The summed E-state index contributed by atoms with van der Waals surface area (Å²) in [7, 11) is 0. The van der Waals surface area contributed by atoms with Gasteiger partial charge in [0.05, 0.1) is 11.2 Å². The average molecular weight is 856 g/mol. The van der Waals surface area contributed by atoms with Crippen LogP contribution < -0.4 is 0 Å². The molecule has 0 saturated carbocycles. The molecule has 1 atom stereocenters. The second-order valence-corrected chi connectivity index (χ2v) is 13.4. The quantitative estimate of drug-likeness (QED) is 0.156. The average Bonchev–Trinajstić information content (AvgIpc) is 3.75. The Kier molecular flexibility index (Phi) is 10.1. The first-order chi connectivity index (χ1) is 25.0. The number of hydrogen-bond donors (Lipinski definition) is 0. The van der Waals surface area contributed by atoms with E-state index in [9.17, 15) is 0 Å². The van der Waals surface area contributed by atoms with Crippen LogP contribution in [0.25, 0.3) is 66.4 Å². The van der Waals surface area contributed by atoms with Crippen LogP contribution in [0.15, 0.2) is 136 Å². The topological polar surface area (TPSA) is 65.0 Å². The molecule has 9 rings (SSSR count). The summed E-state index contributed by atoms with van der Waals surface area (Å²) < 4.78 is 12.4. The van der Waals surface area contributed by atoms with E-state index in [-0.39, 0.29) is 26.0 Å². The van der Waals surface area contributed by atoms with Crippen LogP contribution in [-0.4, -0.2) is 15.0 Å². The van der Waals surface area contributed by atoms with Crippen LogP contribution in [0.1, 0.15) is 49.1 Å². The van der Waals surface area contributed by atoms with Crippen molar-refractivity contribution < 1.29 is 28.9 Å². The summed E-state index contributed by atoms with van der Waals surface area (Å²) in [6.07, 6.45) is 8.05. The summed E-state index contributed by atoms with van der Waals surface area (Å²) >= 11 is 0. The van der Waals surface area contributed by atoms with Crippen LogP contribution in [0.3, 0.4) is 0 Å². The van der Waals surface area contributed by atoms with E-state index in [0.29, 0.717) is 5.92 Å². The van der Waals surface area contributed by atoms with E-state index in [0.717, 1.165) is 78.5 Å². The van der Waals surface area contributed by atoms with Gasteiger partial charge in [0.1, 0.15) is 11.2 Å². The molecule has 0 N–H and O–H groups in total. The molecular weight excluding hydrogens is 819 g/mol. The van der Waals surface area contributed by atoms with Crippen molar-refractivity contribution in [3.8, 4) is 22.5 Å². The van der Waals surface area contributed by atoms with E-state index in [2.05, 4.69) is 93.5 Å². The number of hydrogen-bond acceptors (Lipinski definition) is 5. The maximum atomic E-state index is 6.40. The van der Waals surface area contributed by atoms with Gasteiger partial charge in [0, 0.05) is 43.3 Å². The minimum Gasteiger partial charge on any atom is -0.501 e. The maximum Gasteiger partial charge on any atom is 0.121 e. The van der Waals surface area contributed by atoms with Crippen molar-refractivity contribution in [1.29, 1.82) is 0 Å². The first-order valence-electron chi connectivity index (χ1n) is 17.4. The zero-order chi connectivity index (χ0) is 34.9. The summed E-state index contributed by atoms with van der Waals surface area (Å²) in [6.45, 7) is 8.80. The molecule has 1 radical (unpaired) electrons. The molecule has 5 nitrogen and oxygen atoms in total. The number of rotatable bonds is 6. The third-order valence-electron chi connectivity index (χ3n) is 9.44. The van der Waals surface area contributed by atoms with Gasteiger partial charge < -0.3 is 23.8 Å². The SMILES string of the molecule is Cc1cnc(-c2[c-]nc(C(C)c3ccccc3)c3c2oc2ccccc23)cc1CC(C)C.[Ir].[c-]1ccc2c(oc3ccccc32)c1-c1ccccn1. The van der Waals surface area contributed by atoms with Crippen molar-refractivity contribution in [3.63, 3.8) is 0 Å². The smallest absolute Gasteiger partial charge is 0.121 e. The molecule has 259 valence electrons.